The van der Waals surface area contributed by atoms with Gasteiger partial charge in [-0.15, -0.1) is 0 Å². The Morgan fingerprint density at radius 2 is 2.30 bits per heavy atom. The zero-order valence-electron chi connectivity index (χ0n) is 11.2. The number of anilines is 1. The Labute approximate surface area is 121 Å². The average Bonchev–Trinajstić information content (AvgIpc) is 2.48. The van der Waals surface area contributed by atoms with Crippen LogP contribution in [0, 0.1) is 21.4 Å². The number of nitro groups is 1. The van der Waals surface area contributed by atoms with E-state index in [-0.39, 0.29) is 17.3 Å². The minimum atomic E-state index is -0.539. The molecule has 2 rings (SSSR count). The molecule has 1 heterocycles. The highest BCUT2D eigenvalue weighted by atomic mass is 32.2. The Bertz CT molecular complexity index is 544. The van der Waals surface area contributed by atoms with Crippen LogP contribution in [-0.2, 0) is 0 Å². The van der Waals surface area contributed by atoms with Crippen LogP contribution >= 0.6 is 11.8 Å². The zero-order chi connectivity index (χ0) is 14.5. The van der Waals surface area contributed by atoms with Crippen LogP contribution in [0.15, 0.2) is 12.3 Å². The second-order valence-corrected chi connectivity index (χ2v) is 5.84. The summed E-state index contributed by atoms with van der Waals surface area (Å²) in [5.41, 5.74) is 0.0711. The van der Waals surface area contributed by atoms with E-state index in [2.05, 4.69) is 16.6 Å². The molecule has 0 amide bonds. The summed E-state index contributed by atoms with van der Waals surface area (Å²) in [4.78, 5) is 14.2. The Hall–Kier alpha value is -1.81. The highest BCUT2D eigenvalue weighted by Crippen LogP contribution is 2.30. The number of rotatable bonds is 4. The van der Waals surface area contributed by atoms with Gasteiger partial charge in [-0.05, 0) is 19.1 Å². The summed E-state index contributed by atoms with van der Waals surface area (Å²) < 4.78 is 0. The summed E-state index contributed by atoms with van der Waals surface area (Å²) in [6.45, 7) is 0. The molecular formula is C13H16N4O2S. The van der Waals surface area contributed by atoms with Gasteiger partial charge in [0.15, 0.2) is 0 Å². The monoisotopic (exact) mass is 292 g/mol. The lowest BCUT2D eigenvalue weighted by atomic mass is 9.94. The van der Waals surface area contributed by atoms with Crippen molar-refractivity contribution in [1.82, 2.24) is 4.98 Å². The maximum Gasteiger partial charge on any atom is 0.289 e. The van der Waals surface area contributed by atoms with Crippen molar-refractivity contribution >= 4 is 23.3 Å². The van der Waals surface area contributed by atoms with Gasteiger partial charge < -0.3 is 5.32 Å². The molecule has 1 fully saturated rings. The van der Waals surface area contributed by atoms with E-state index in [1.165, 1.54) is 18.7 Å². The topological polar surface area (TPSA) is 91.8 Å². The maximum absolute atomic E-state index is 10.7. The number of hydrogen-bond acceptors (Lipinski definition) is 6. The molecule has 1 aromatic rings. The highest BCUT2D eigenvalue weighted by Gasteiger charge is 2.25. The van der Waals surface area contributed by atoms with Crippen molar-refractivity contribution < 1.29 is 4.92 Å². The van der Waals surface area contributed by atoms with Gasteiger partial charge in [-0.1, -0.05) is 12.8 Å². The minimum Gasteiger partial charge on any atom is -0.365 e. The van der Waals surface area contributed by atoms with E-state index in [1.54, 1.807) is 0 Å². The van der Waals surface area contributed by atoms with Crippen molar-refractivity contribution in [2.75, 3.05) is 11.6 Å². The Balaban J connectivity index is 2.20. The molecule has 2 atom stereocenters. The minimum absolute atomic E-state index is 0.155. The summed E-state index contributed by atoms with van der Waals surface area (Å²) >= 11 is 1.81. The molecule has 0 aromatic carbocycles. The standard InChI is InChI=1S/C13H16N4O2S/c1-20-12-5-3-2-4-11(12)16-13-9(7-14)6-10(8-15-13)17(18)19/h6,8,11-12H,2-5H2,1H3,(H,15,16). The number of thioether (sulfide) groups is 1. The molecule has 1 saturated carbocycles. The van der Waals surface area contributed by atoms with Crippen LogP contribution in [0.5, 0.6) is 0 Å². The lowest BCUT2D eigenvalue weighted by molar-refractivity contribution is -0.385. The molecule has 0 radical (unpaired) electrons. The first kappa shape index (κ1) is 14.6. The number of aromatic nitrogens is 1. The molecular weight excluding hydrogens is 276 g/mol. The molecule has 1 aromatic heterocycles. The van der Waals surface area contributed by atoms with Crippen LogP contribution < -0.4 is 5.32 Å². The van der Waals surface area contributed by atoms with Crippen LogP contribution in [0.3, 0.4) is 0 Å². The van der Waals surface area contributed by atoms with E-state index in [1.807, 2.05) is 17.8 Å². The number of nitriles is 1. The second kappa shape index (κ2) is 6.57. The van der Waals surface area contributed by atoms with Crippen molar-refractivity contribution in [2.45, 2.75) is 37.0 Å². The maximum atomic E-state index is 10.7. The third-order valence-corrected chi connectivity index (χ3v) is 4.70. The van der Waals surface area contributed by atoms with Crippen LogP contribution in [0.2, 0.25) is 0 Å². The van der Waals surface area contributed by atoms with Crippen molar-refractivity contribution in [2.24, 2.45) is 0 Å². The molecule has 6 nitrogen and oxygen atoms in total. The first-order chi connectivity index (χ1) is 9.65. The van der Waals surface area contributed by atoms with E-state index in [0.29, 0.717) is 11.1 Å². The SMILES string of the molecule is CSC1CCCCC1Nc1ncc([N+](=O)[O-])cc1C#N. The van der Waals surface area contributed by atoms with E-state index < -0.39 is 4.92 Å². The largest absolute Gasteiger partial charge is 0.365 e. The van der Waals surface area contributed by atoms with Gasteiger partial charge in [0.2, 0.25) is 0 Å². The van der Waals surface area contributed by atoms with Crippen LogP contribution in [0.25, 0.3) is 0 Å². The first-order valence-corrected chi connectivity index (χ1v) is 7.78. The lowest BCUT2D eigenvalue weighted by Gasteiger charge is -2.31. The van der Waals surface area contributed by atoms with Gasteiger partial charge in [-0.25, -0.2) is 4.98 Å². The fourth-order valence-corrected chi connectivity index (χ4v) is 3.41. The van der Waals surface area contributed by atoms with Gasteiger partial charge in [0.25, 0.3) is 5.69 Å². The molecule has 106 valence electrons. The molecule has 20 heavy (non-hydrogen) atoms. The Morgan fingerprint density at radius 3 is 2.95 bits per heavy atom. The van der Waals surface area contributed by atoms with Crippen molar-refractivity contribution in [3.05, 3.63) is 27.9 Å². The third kappa shape index (κ3) is 3.20. The molecule has 1 aliphatic carbocycles. The average molecular weight is 292 g/mol. The molecule has 0 spiro atoms. The van der Waals surface area contributed by atoms with Crippen molar-refractivity contribution in [3.63, 3.8) is 0 Å². The predicted molar refractivity (Wildman–Crippen MR) is 78.8 cm³/mol. The molecule has 2 unspecified atom stereocenters. The number of hydrogen-bond donors (Lipinski definition) is 1. The molecule has 1 N–H and O–H groups in total. The number of nitrogens with one attached hydrogen (secondary N) is 1. The second-order valence-electron chi connectivity index (χ2n) is 4.77. The molecule has 0 saturated heterocycles. The van der Waals surface area contributed by atoms with Crippen molar-refractivity contribution in [3.8, 4) is 6.07 Å². The van der Waals surface area contributed by atoms with E-state index in [4.69, 9.17) is 5.26 Å². The Morgan fingerprint density at radius 1 is 1.55 bits per heavy atom. The van der Waals surface area contributed by atoms with Crippen molar-refractivity contribution in [1.29, 1.82) is 5.26 Å². The number of nitrogens with zero attached hydrogens (tertiary/aromatic N) is 3. The summed E-state index contributed by atoms with van der Waals surface area (Å²) in [6, 6.07) is 3.51. The third-order valence-electron chi connectivity index (χ3n) is 3.53. The first-order valence-electron chi connectivity index (χ1n) is 6.49. The van der Waals surface area contributed by atoms with Gasteiger partial charge in [-0.2, -0.15) is 17.0 Å². The quantitative estimate of drug-likeness (QED) is 0.677. The summed E-state index contributed by atoms with van der Waals surface area (Å²) in [7, 11) is 0. The fraction of sp³-hybridized carbons (Fsp3) is 0.538. The molecule has 1 aliphatic rings. The number of pyridine rings is 1. The molecule has 7 heteroatoms. The van der Waals surface area contributed by atoms with E-state index in [9.17, 15) is 10.1 Å². The van der Waals surface area contributed by atoms with Gasteiger partial charge in [0.1, 0.15) is 23.6 Å². The summed E-state index contributed by atoms with van der Waals surface area (Å²) in [5, 5.41) is 23.6. The van der Waals surface area contributed by atoms with Crippen LogP contribution in [-0.4, -0.2) is 27.5 Å². The van der Waals surface area contributed by atoms with Gasteiger partial charge in [0, 0.05) is 17.4 Å². The Kier molecular flexibility index (Phi) is 4.79. The fourth-order valence-electron chi connectivity index (χ4n) is 2.47. The molecule has 0 bridgehead atoms. The molecule has 0 aliphatic heterocycles. The smallest absolute Gasteiger partial charge is 0.289 e. The van der Waals surface area contributed by atoms with E-state index in [0.717, 1.165) is 19.3 Å². The van der Waals surface area contributed by atoms with Crippen LogP contribution in [0.1, 0.15) is 31.2 Å². The summed E-state index contributed by atoms with van der Waals surface area (Å²) in [6.07, 6.45) is 7.84. The predicted octanol–water partition coefficient (Wildman–Crippen LogP) is 2.95. The van der Waals surface area contributed by atoms with Gasteiger partial charge in [-0.3, -0.25) is 10.1 Å². The van der Waals surface area contributed by atoms with Gasteiger partial charge >= 0.3 is 0 Å². The van der Waals surface area contributed by atoms with Crippen LogP contribution in [0.4, 0.5) is 11.5 Å². The van der Waals surface area contributed by atoms with Gasteiger partial charge in [0.05, 0.1) is 4.92 Å². The highest BCUT2D eigenvalue weighted by molar-refractivity contribution is 7.99. The zero-order valence-corrected chi connectivity index (χ0v) is 12.0. The normalized spacial score (nSPS) is 22.0. The summed E-state index contributed by atoms with van der Waals surface area (Å²) in [5.74, 6) is 0.448. The lowest BCUT2D eigenvalue weighted by Crippen LogP contribution is -2.34. The van der Waals surface area contributed by atoms with E-state index >= 15 is 0 Å².